The van der Waals surface area contributed by atoms with Crippen LogP contribution in [-0.2, 0) is 4.79 Å². The van der Waals surface area contributed by atoms with Gasteiger partial charge in [-0.2, -0.15) is 5.10 Å². The predicted octanol–water partition coefficient (Wildman–Crippen LogP) is 0.174. The summed E-state index contributed by atoms with van der Waals surface area (Å²) in [6, 6.07) is 3.75. The van der Waals surface area contributed by atoms with E-state index in [4.69, 9.17) is 5.73 Å². The van der Waals surface area contributed by atoms with E-state index in [0.29, 0.717) is 0 Å². The number of pyridine rings is 1. The fraction of sp³-hybridized carbons (Fsp3) is 0.214. The lowest BCUT2D eigenvalue weighted by atomic mass is 10.1. The highest BCUT2D eigenvalue weighted by Crippen LogP contribution is 2.09. The molecular weight excluding hydrogens is 240 g/mol. The van der Waals surface area contributed by atoms with Gasteiger partial charge in [-0.1, -0.05) is 19.1 Å². The van der Waals surface area contributed by atoms with Gasteiger partial charge in [0, 0.05) is 23.2 Å². The number of rotatable bonds is 3. The number of carbonyl (C=O) groups excluding carboxylic acids is 1. The van der Waals surface area contributed by atoms with Gasteiger partial charge >= 0.3 is 0 Å². The van der Waals surface area contributed by atoms with E-state index < -0.39 is 0 Å². The Morgan fingerprint density at radius 2 is 2.11 bits per heavy atom. The highest BCUT2D eigenvalue weighted by Gasteiger charge is 2.09. The van der Waals surface area contributed by atoms with Gasteiger partial charge in [-0.3, -0.25) is 14.9 Å². The molecule has 0 fully saturated rings. The first-order valence-electron chi connectivity index (χ1n) is 6.05. The molecule has 0 aliphatic rings. The Morgan fingerprint density at radius 1 is 1.42 bits per heavy atom. The smallest absolute Gasteiger partial charge is 0.224 e. The first-order chi connectivity index (χ1) is 9.13. The van der Waals surface area contributed by atoms with Gasteiger partial charge in [0.15, 0.2) is 0 Å². The maximum atomic E-state index is 11.2. The number of nitrogens with zero attached hydrogens (tertiary/aromatic N) is 2. The predicted molar refractivity (Wildman–Crippen MR) is 74.0 cm³/mol. The molecule has 0 aliphatic carbocycles. The molecule has 0 spiro atoms. The van der Waals surface area contributed by atoms with Crippen LogP contribution in [0.1, 0.15) is 13.8 Å². The minimum absolute atomic E-state index is 0.350. The maximum absolute atomic E-state index is 11.2. The standard InChI is InChI=1S/C14H16N4O/c1-3-12-11(8-9(2)14(15)19)13(18-17-12)10-4-6-16-7-5-10/h3-9,17H,1-2H3,(H2,15,19)/b11-8+,12-3+. The minimum atomic E-state index is -0.357. The number of nitrogens with two attached hydrogens (primary N) is 1. The largest absolute Gasteiger partial charge is 0.369 e. The van der Waals surface area contributed by atoms with Crippen LogP contribution < -0.4 is 16.3 Å². The maximum Gasteiger partial charge on any atom is 0.224 e. The summed E-state index contributed by atoms with van der Waals surface area (Å²) < 4.78 is 0. The lowest BCUT2D eigenvalue weighted by Crippen LogP contribution is -2.28. The fourth-order valence-electron chi connectivity index (χ4n) is 1.81. The third-order valence-corrected chi connectivity index (χ3v) is 2.94. The molecular formula is C14H16N4O. The van der Waals surface area contributed by atoms with E-state index in [2.05, 4.69) is 15.2 Å². The number of hydrogen-bond acceptors (Lipinski definition) is 3. The highest BCUT2D eigenvalue weighted by atomic mass is 16.1. The summed E-state index contributed by atoms with van der Waals surface area (Å²) in [6.45, 7) is 3.68. The van der Waals surface area contributed by atoms with Crippen molar-refractivity contribution in [1.82, 2.24) is 15.2 Å². The van der Waals surface area contributed by atoms with E-state index >= 15 is 0 Å². The van der Waals surface area contributed by atoms with E-state index in [1.54, 1.807) is 19.3 Å². The van der Waals surface area contributed by atoms with Crippen LogP contribution in [0.4, 0.5) is 0 Å². The second-order valence-electron chi connectivity index (χ2n) is 4.28. The molecule has 0 saturated heterocycles. The van der Waals surface area contributed by atoms with E-state index in [1.165, 1.54) is 0 Å². The van der Waals surface area contributed by atoms with E-state index in [1.807, 2.05) is 31.2 Å². The zero-order valence-electron chi connectivity index (χ0n) is 10.9. The normalized spacial score (nSPS) is 14.6. The Hall–Kier alpha value is -2.43. The van der Waals surface area contributed by atoms with Gasteiger partial charge in [0.25, 0.3) is 0 Å². The molecule has 2 rings (SSSR count). The highest BCUT2D eigenvalue weighted by molar-refractivity contribution is 5.82. The molecule has 0 bridgehead atoms. The number of aromatic amines is 1. The molecule has 3 N–H and O–H groups in total. The molecule has 0 aliphatic heterocycles. The molecule has 1 amide bonds. The van der Waals surface area contributed by atoms with Gasteiger partial charge in [-0.05, 0) is 19.1 Å². The van der Waals surface area contributed by atoms with E-state index in [9.17, 15) is 4.79 Å². The number of hydrogen-bond donors (Lipinski definition) is 2. The van der Waals surface area contributed by atoms with Crippen molar-refractivity contribution in [3.63, 3.8) is 0 Å². The molecule has 98 valence electrons. The van der Waals surface area contributed by atoms with Gasteiger partial charge in [0.05, 0.1) is 17.0 Å². The summed E-state index contributed by atoms with van der Waals surface area (Å²) in [5.74, 6) is -0.708. The summed E-state index contributed by atoms with van der Waals surface area (Å²) in [7, 11) is 0. The van der Waals surface area contributed by atoms with Crippen molar-refractivity contribution in [3.05, 3.63) is 35.1 Å². The van der Waals surface area contributed by atoms with Gasteiger partial charge in [-0.25, -0.2) is 0 Å². The molecule has 2 aromatic rings. The van der Waals surface area contributed by atoms with Crippen LogP contribution in [0.25, 0.3) is 23.4 Å². The zero-order valence-corrected chi connectivity index (χ0v) is 10.9. The minimum Gasteiger partial charge on any atom is -0.369 e. The van der Waals surface area contributed by atoms with Crippen molar-refractivity contribution in [2.24, 2.45) is 11.7 Å². The van der Waals surface area contributed by atoms with Crippen molar-refractivity contribution in [1.29, 1.82) is 0 Å². The summed E-state index contributed by atoms with van der Waals surface area (Å²) in [5.41, 5.74) is 7.05. The topological polar surface area (TPSA) is 84.7 Å². The molecule has 0 saturated carbocycles. The first-order valence-corrected chi connectivity index (χ1v) is 6.05. The number of primary amides is 1. The molecule has 5 nitrogen and oxygen atoms in total. The van der Waals surface area contributed by atoms with Crippen molar-refractivity contribution in [2.45, 2.75) is 13.8 Å². The van der Waals surface area contributed by atoms with Gasteiger partial charge in [-0.15, -0.1) is 0 Å². The lowest BCUT2D eigenvalue weighted by Gasteiger charge is -1.99. The molecule has 0 aromatic carbocycles. The van der Waals surface area contributed by atoms with Gasteiger partial charge in [0.1, 0.15) is 0 Å². The van der Waals surface area contributed by atoms with Crippen molar-refractivity contribution in [2.75, 3.05) is 0 Å². The Labute approximate surface area is 110 Å². The van der Waals surface area contributed by atoms with Crippen LogP contribution in [0.2, 0.25) is 0 Å². The van der Waals surface area contributed by atoms with Crippen LogP contribution in [0.5, 0.6) is 0 Å². The third-order valence-electron chi connectivity index (χ3n) is 2.94. The zero-order chi connectivity index (χ0) is 13.8. The van der Waals surface area contributed by atoms with Crippen LogP contribution in [0.15, 0.2) is 24.5 Å². The van der Waals surface area contributed by atoms with Crippen LogP contribution >= 0.6 is 0 Å². The third kappa shape index (κ3) is 2.70. The number of nitrogens with one attached hydrogen (secondary N) is 1. The molecule has 5 heteroatoms. The summed E-state index contributed by atoms with van der Waals surface area (Å²) in [6.07, 6.45) is 7.16. The molecule has 19 heavy (non-hydrogen) atoms. The summed E-state index contributed by atoms with van der Waals surface area (Å²) in [5, 5.41) is 9.02. The quantitative estimate of drug-likeness (QED) is 0.821. The number of aromatic nitrogens is 3. The van der Waals surface area contributed by atoms with Crippen LogP contribution in [0.3, 0.4) is 0 Å². The average Bonchev–Trinajstić information content (AvgIpc) is 2.82. The Kier molecular flexibility index (Phi) is 3.75. The average molecular weight is 256 g/mol. The Balaban J connectivity index is 2.66. The monoisotopic (exact) mass is 256 g/mol. The number of amides is 1. The second kappa shape index (κ2) is 5.48. The molecule has 1 unspecified atom stereocenters. The van der Waals surface area contributed by atoms with Crippen molar-refractivity contribution >= 4 is 18.1 Å². The van der Waals surface area contributed by atoms with Gasteiger partial charge in [0.2, 0.25) is 5.91 Å². The van der Waals surface area contributed by atoms with Crippen molar-refractivity contribution < 1.29 is 4.79 Å². The summed E-state index contributed by atoms with van der Waals surface area (Å²) in [4.78, 5) is 15.2. The summed E-state index contributed by atoms with van der Waals surface area (Å²) >= 11 is 0. The van der Waals surface area contributed by atoms with E-state index in [-0.39, 0.29) is 11.8 Å². The molecule has 2 aromatic heterocycles. The van der Waals surface area contributed by atoms with Gasteiger partial charge < -0.3 is 5.73 Å². The lowest BCUT2D eigenvalue weighted by molar-refractivity contribution is -0.119. The second-order valence-corrected chi connectivity index (χ2v) is 4.28. The Bertz CT molecular complexity index is 688. The molecule has 2 heterocycles. The van der Waals surface area contributed by atoms with Crippen LogP contribution in [0, 0.1) is 5.92 Å². The number of carbonyl (C=O) groups is 1. The number of H-pyrrole nitrogens is 1. The van der Waals surface area contributed by atoms with Crippen molar-refractivity contribution in [3.8, 4) is 11.3 Å². The van der Waals surface area contributed by atoms with E-state index in [0.717, 1.165) is 21.8 Å². The fourth-order valence-corrected chi connectivity index (χ4v) is 1.81. The molecule has 1 atom stereocenters. The Morgan fingerprint density at radius 3 is 2.68 bits per heavy atom. The SMILES string of the molecule is C/C=c1/[nH]nc(-c2ccncc2)/c1=C/C(C)C(N)=O. The van der Waals surface area contributed by atoms with Crippen LogP contribution in [-0.4, -0.2) is 21.1 Å². The molecule has 0 radical (unpaired) electrons. The first kappa shape index (κ1) is 13.0.